The molecule has 1 heterocycles. The predicted octanol–water partition coefficient (Wildman–Crippen LogP) is 15.1. The van der Waals surface area contributed by atoms with Crippen molar-refractivity contribution in [3.63, 3.8) is 0 Å². The molecule has 10 rings (SSSR count). The maximum atomic E-state index is 6.53. The van der Waals surface area contributed by atoms with Crippen molar-refractivity contribution in [3.8, 4) is 22.3 Å². The number of aryl methyl sites for hydroxylation is 1. The molecule has 0 aliphatic heterocycles. The molecule has 278 valence electrons. The number of furan rings is 1. The van der Waals surface area contributed by atoms with E-state index in [1.807, 2.05) is 6.07 Å². The van der Waals surface area contributed by atoms with Crippen molar-refractivity contribution in [1.82, 2.24) is 0 Å². The number of allylic oxidation sites excluding steroid dienone is 1. The van der Waals surface area contributed by atoms with Gasteiger partial charge in [0.05, 0.1) is 11.1 Å². The highest BCUT2D eigenvalue weighted by Gasteiger charge is 2.47. The Morgan fingerprint density at radius 3 is 1.74 bits per heavy atom. The van der Waals surface area contributed by atoms with E-state index in [2.05, 4.69) is 225 Å². The molecule has 1 aliphatic carbocycles. The van der Waals surface area contributed by atoms with Gasteiger partial charge in [-0.1, -0.05) is 183 Å². The summed E-state index contributed by atoms with van der Waals surface area (Å²) in [6.45, 7) is 4.35. The number of benzene rings is 8. The molecule has 2 nitrogen and oxygen atoms in total. The lowest BCUT2D eigenvalue weighted by atomic mass is 9.68. The van der Waals surface area contributed by atoms with Gasteiger partial charge >= 0.3 is 0 Å². The van der Waals surface area contributed by atoms with Gasteiger partial charge in [0.15, 0.2) is 0 Å². The normalized spacial score (nSPS) is 13.0. The number of fused-ring (bicyclic) bond motifs is 4. The first-order valence-corrected chi connectivity index (χ1v) is 20.3. The SMILES string of the molecule is CC/C=C(/c1ccc(N(c2ccc(-c3ccccc3)cc2)c2cccc3c2-c2ccccc2C3(c2ccccc2)c2ccccc2)cc1)c1oc2ccccc2c1C. The van der Waals surface area contributed by atoms with E-state index >= 15 is 0 Å². The summed E-state index contributed by atoms with van der Waals surface area (Å²) in [5.74, 6) is 0.930. The van der Waals surface area contributed by atoms with Crippen LogP contribution in [0.1, 0.15) is 52.5 Å². The fourth-order valence-electron chi connectivity index (χ4n) is 9.29. The van der Waals surface area contributed by atoms with Crippen LogP contribution >= 0.6 is 0 Å². The second kappa shape index (κ2) is 14.7. The molecule has 8 aromatic carbocycles. The molecule has 0 unspecified atom stereocenters. The Hall–Kier alpha value is -7.16. The Morgan fingerprint density at radius 1 is 0.534 bits per heavy atom. The van der Waals surface area contributed by atoms with Crippen LogP contribution < -0.4 is 4.90 Å². The highest BCUT2D eigenvalue weighted by Crippen LogP contribution is 2.59. The van der Waals surface area contributed by atoms with Crippen molar-refractivity contribution in [1.29, 1.82) is 0 Å². The monoisotopic (exact) mass is 745 g/mol. The molecule has 0 saturated heterocycles. The minimum atomic E-state index is -0.499. The Kier molecular flexibility index (Phi) is 8.96. The third kappa shape index (κ3) is 5.72. The van der Waals surface area contributed by atoms with Crippen molar-refractivity contribution >= 4 is 33.6 Å². The van der Waals surface area contributed by atoms with Crippen LogP contribution in [0.4, 0.5) is 17.1 Å². The molecule has 2 heteroatoms. The maximum Gasteiger partial charge on any atom is 0.138 e. The van der Waals surface area contributed by atoms with Gasteiger partial charge in [-0.15, -0.1) is 0 Å². The summed E-state index contributed by atoms with van der Waals surface area (Å²) < 4.78 is 6.53. The van der Waals surface area contributed by atoms with E-state index in [1.54, 1.807) is 0 Å². The van der Waals surface area contributed by atoms with Crippen LogP contribution in [0.3, 0.4) is 0 Å². The zero-order valence-electron chi connectivity index (χ0n) is 32.8. The van der Waals surface area contributed by atoms with Gasteiger partial charge in [0.2, 0.25) is 0 Å². The van der Waals surface area contributed by atoms with Crippen LogP contribution in [-0.2, 0) is 5.41 Å². The van der Waals surface area contributed by atoms with Gasteiger partial charge in [-0.3, -0.25) is 0 Å². The fourth-order valence-corrected chi connectivity index (χ4v) is 9.29. The van der Waals surface area contributed by atoms with Crippen LogP contribution in [0.2, 0.25) is 0 Å². The molecule has 0 N–H and O–H groups in total. The van der Waals surface area contributed by atoms with Crippen molar-refractivity contribution in [2.75, 3.05) is 4.90 Å². The van der Waals surface area contributed by atoms with E-state index in [4.69, 9.17) is 4.42 Å². The van der Waals surface area contributed by atoms with Gasteiger partial charge in [-0.25, -0.2) is 0 Å². The highest BCUT2D eigenvalue weighted by molar-refractivity contribution is 5.98. The first-order valence-electron chi connectivity index (χ1n) is 20.3. The number of rotatable bonds is 9. The van der Waals surface area contributed by atoms with Crippen LogP contribution in [0.25, 0.3) is 38.8 Å². The van der Waals surface area contributed by atoms with E-state index in [9.17, 15) is 0 Å². The van der Waals surface area contributed by atoms with Crippen LogP contribution in [-0.4, -0.2) is 0 Å². The summed E-state index contributed by atoms with van der Waals surface area (Å²) in [6, 6.07) is 74.9. The van der Waals surface area contributed by atoms with Gasteiger partial charge in [0.1, 0.15) is 11.3 Å². The molecule has 0 bridgehead atoms. The molecule has 0 atom stereocenters. The maximum absolute atomic E-state index is 6.53. The predicted molar refractivity (Wildman–Crippen MR) is 242 cm³/mol. The smallest absolute Gasteiger partial charge is 0.138 e. The molecule has 1 aliphatic rings. The molecular weight excluding hydrogens is 703 g/mol. The first-order chi connectivity index (χ1) is 28.7. The molecule has 0 spiro atoms. The van der Waals surface area contributed by atoms with E-state index in [0.29, 0.717) is 0 Å². The molecule has 0 radical (unpaired) electrons. The van der Waals surface area contributed by atoms with Crippen molar-refractivity contribution < 1.29 is 4.42 Å². The largest absolute Gasteiger partial charge is 0.456 e. The minimum Gasteiger partial charge on any atom is -0.456 e. The van der Waals surface area contributed by atoms with Crippen molar-refractivity contribution in [3.05, 3.63) is 251 Å². The van der Waals surface area contributed by atoms with Crippen molar-refractivity contribution in [2.24, 2.45) is 0 Å². The van der Waals surface area contributed by atoms with E-state index in [0.717, 1.165) is 51.3 Å². The molecule has 0 saturated carbocycles. The molecule has 0 amide bonds. The highest BCUT2D eigenvalue weighted by atomic mass is 16.3. The number of anilines is 3. The van der Waals surface area contributed by atoms with Gasteiger partial charge in [0, 0.05) is 33.5 Å². The average Bonchev–Trinajstić information content (AvgIpc) is 3.79. The van der Waals surface area contributed by atoms with E-state index < -0.39 is 5.41 Å². The Morgan fingerprint density at radius 2 is 1.09 bits per heavy atom. The average molecular weight is 746 g/mol. The summed E-state index contributed by atoms with van der Waals surface area (Å²) in [7, 11) is 0. The third-order valence-electron chi connectivity index (χ3n) is 11.9. The Balaban J connectivity index is 1.18. The zero-order chi connectivity index (χ0) is 39.1. The van der Waals surface area contributed by atoms with Crippen LogP contribution in [0.5, 0.6) is 0 Å². The van der Waals surface area contributed by atoms with Gasteiger partial charge in [0.25, 0.3) is 0 Å². The van der Waals surface area contributed by atoms with Gasteiger partial charge in [-0.05, 0) is 94.3 Å². The number of hydrogen-bond donors (Lipinski definition) is 0. The quantitative estimate of drug-likeness (QED) is 0.146. The first kappa shape index (κ1) is 35.3. The molecule has 9 aromatic rings. The second-order valence-corrected chi connectivity index (χ2v) is 15.1. The fraction of sp³-hybridized carbons (Fsp3) is 0.0714. The molecule has 1 aromatic heterocycles. The van der Waals surface area contributed by atoms with Crippen molar-refractivity contribution in [2.45, 2.75) is 25.7 Å². The third-order valence-corrected chi connectivity index (χ3v) is 11.9. The summed E-state index contributed by atoms with van der Waals surface area (Å²) in [4.78, 5) is 2.44. The van der Waals surface area contributed by atoms with Crippen LogP contribution in [0.15, 0.2) is 217 Å². The summed E-state index contributed by atoms with van der Waals surface area (Å²) in [6.07, 6.45) is 3.18. The van der Waals surface area contributed by atoms with Gasteiger partial charge < -0.3 is 9.32 Å². The molecular formula is C56H43NO. The molecule has 58 heavy (non-hydrogen) atoms. The van der Waals surface area contributed by atoms with Gasteiger partial charge in [-0.2, -0.15) is 0 Å². The summed E-state index contributed by atoms with van der Waals surface area (Å²) >= 11 is 0. The lowest BCUT2D eigenvalue weighted by Gasteiger charge is -2.34. The Bertz CT molecular complexity index is 2860. The Labute approximate surface area is 341 Å². The molecule has 0 fully saturated rings. The second-order valence-electron chi connectivity index (χ2n) is 15.1. The lowest BCUT2D eigenvalue weighted by molar-refractivity contribution is 0.597. The van der Waals surface area contributed by atoms with E-state index in [-0.39, 0.29) is 0 Å². The minimum absolute atomic E-state index is 0.499. The number of nitrogens with zero attached hydrogens (tertiary/aromatic N) is 1. The zero-order valence-corrected chi connectivity index (χ0v) is 32.8. The number of hydrogen-bond acceptors (Lipinski definition) is 2. The summed E-state index contributed by atoms with van der Waals surface area (Å²) in [5, 5.41) is 1.15. The van der Waals surface area contributed by atoms with Crippen LogP contribution in [0, 0.1) is 6.92 Å². The number of para-hydroxylation sites is 1. The standard InChI is InChI=1S/C56H43NO/c1-3-18-48(55-39(2)47-25-14-16-30-53(47)58-55)42-33-37-46(38-34-42)57(45-35-31-41(32-36-45)40-19-7-4-8-20-40)52-29-17-28-51-54(52)49-26-13-15-27-50(49)56(51,43-21-9-5-10-22-43)44-23-11-6-12-24-44/h4-38H,3H2,1-2H3/b48-18-. The lowest BCUT2D eigenvalue weighted by Crippen LogP contribution is -2.28. The topological polar surface area (TPSA) is 16.4 Å². The van der Waals surface area contributed by atoms with E-state index in [1.165, 1.54) is 50.1 Å². The summed E-state index contributed by atoms with van der Waals surface area (Å²) in [5.41, 5.74) is 17.1.